The second-order valence-electron chi connectivity index (χ2n) is 15.0. The van der Waals surface area contributed by atoms with Crippen molar-refractivity contribution in [3.63, 3.8) is 0 Å². The van der Waals surface area contributed by atoms with Crippen LogP contribution in [0.1, 0.15) is 66.4 Å². The number of nitrogens with zero attached hydrogens (tertiary/aromatic N) is 4. The molecule has 2 aliphatic rings. The van der Waals surface area contributed by atoms with Gasteiger partial charge in [0.25, 0.3) is 0 Å². The highest BCUT2D eigenvalue weighted by Gasteiger charge is 2.41. The van der Waals surface area contributed by atoms with Gasteiger partial charge in [-0.2, -0.15) is 9.78 Å². The Morgan fingerprint density at radius 2 is 1.57 bits per heavy atom. The van der Waals surface area contributed by atoms with Gasteiger partial charge in [0.2, 0.25) is 5.91 Å². The van der Waals surface area contributed by atoms with E-state index < -0.39 is 41.4 Å². The molecule has 3 aromatic rings. The molecular formula is C36H47FN6O6. The lowest BCUT2D eigenvalue weighted by Crippen LogP contribution is -2.59. The molecular weight excluding hydrogens is 631 g/mol. The molecule has 264 valence electrons. The number of rotatable bonds is 5. The molecule has 0 saturated carbocycles. The van der Waals surface area contributed by atoms with E-state index in [1.165, 1.54) is 23.0 Å². The van der Waals surface area contributed by atoms with Crippen molar-refractivity contribution in [2.75, 3.05) is 31.5 Å². The Bertz CT molecular complexity index is 1680. The molecule has 0 radical (unpaired) electrons. The smallest absolute Gasteiger partial charge is 0.435 e. The standard InChI is InChI=1S/C36H47FN6O6/c1-35(2,3)48-33(46)42-17-15-29(28(22-42)31(44)41-16-7-8-24(21-41)18-23-9-11-26(37)12-10-23)40-32(45)39-27-13-14-30-25(19-27)20-38-43(30)34(47)49-36(4,5)6/h9-14,19-20,24,28-29H,7-8,15-18,21-22H2,1-6H3,(H2,39,40,45)/t24-,28?,29?/m0/s1. The van der Waals surface area contributed by atoms with Crippen LogP contribution in [0.5, 0.6) is 0 Å². The average molecular weight is 679 g/mol. The van der Waals surface area contributed by atoms with E-state index in [1.807, 2.05) is 4.90 Å². The fraction of sp³-hybridized carbons (Fsp3) is 0.528. The number of anilines is 1. The van der Waals surface area contributed by atoms with Gasteiger partial charge in [0.15, 0.2) is 0 Å². The van der Waals surface area contributed by atoms with Crippen LogP contribution in [0, 0.1) is 17.7 Å². The van der Waals surface area contributed by atoms with Crippen molar-refractivity contribution in [2.24, 2.45) is 11.8 Å². The number of aromatic nitrogens is 2. The molecule has 5 rings (SSSR count). The minimum atomic E-state index is -0.698. The molecule has 2 aromatic carbocycles. The molecule has 3 atom stereocenters. The van der Waals surface area contributed by atoms with Crippen LogP contribution in [0.25, 0.3) is 10.9 Å². The summed E-state index contributed by atoms with van der Waals surface area (Å²) in [5.74, 6) is -0.893. The lowest BCUT2D eigenvalue weighted by atomic mass is 9.87. The molecule has 2 aliphatic heterocycles. The van der Waals surface area contributed by atoms with Crippen LogP contribution < -0.4 is 10.6 Å². The highest BCUT2D eigenvalue weighted by molar-refractivity contribution is 5.95. The number of fused-ring (bicyclic) bond motifs is 1. The SMILES string of the molecule is CC(C)(C)OC(=O)N1CCC(NC(=O)Nc2ccc3c(cnn3C(=O)OC(C)(C)C)c2)C(C(=O)N2CCC[C@@H](Cc3ccc(F)cc3)C2)C1. The number of piperidine rings is 2. The lowest BCUT2D eigenvalue weighted by Gasteiger charge is -2.42. The average Bonchev–Trinajstić information content (AvgIpc) is 3.44. The van der Waals surface area contributed by atoms with E-state index in [2.05, 4.69) is 15.7 Å². The van der Waals surface area contributed by atoms with E-state index >= 15 is 0 Å². The van der Waals surface area contributed by atoms with Crippen LogP contribution in [-0.2, 0) is 20.7 Å². The molecule has 2 fully saturated rings. The zero-order valence-corrected chi connectivity index (χ0v) is 29.1. The van der Waals surface area contributed by atoms with E-state index in [-0.39, 0.29) is 24.2 Å². The van der Waals surface area contributed by atoms with Crippen LogP contribution in [0.2, 0.25) is 0 Å². The first-order chi connectivity index (χ1) is 23.0. The Hall–Kier alpha value is -4.68. The summed E-state index contributed by atoms with van der Waals surface area (Å²) in [6.45, 7) is 12.2. The molecule has 13 heteroatoms. The molecule has 12 nitrogen and oxygen atoms in total. The minimum absolute atomic E-state index is 0.105. The van der Waals surface area contributed by atoms with Gasteiger partial charge in [-0.15, -0.1) is 0 Å². The minimum Gasteiger partial charge on any atom is -0.444 e. The van der Waals surface area contributed by atoms with Gasteiger partial charge < -0.3 is 29.9 Å². The number of urea groups is 1. The Kier molecular flexibility index (Phi) is 10.5. The van der Waals surface area contributed by atoms with E-state index in [4.69, 9.17) is 9.47 Å². The fourth-order valence-corrected chi connectivity index (χ4v) is 6.38. The monoisotopic (exact) mass is 678 g/mol. The van der Waals surface area contributed by atoms with Gasteiger partial charge in [-0.3, -0.25) is 4.79 Å². The number of hydrogen-bond donors (Lipinski definition) is 2. The maximum absolute atomic E-state index is 14.2. The summed E-state index contributed by atoms with van der Waals surface area (Å²) in [5.41, 5.74) is 0.635. The second kappa shape index (κ2) is 14.4. The van der Waals surface area contributed by atoms with Gasteiger partial charge >= 0.3 is 18.2 Å². The molecule has 49 heavy (non-hydrogen) atoms. The van der Waals surface area contributed by atoms with Gasteiger partial charge in [0.05, 0.1) is 17.6 Å². The maximum atomic E-state index is 14.2. The molecule has 4 amide bonds. The first kappa shape index (κ1) is 35.6. The fourth-order valence-electron chi connectivity index (χ4n) is 6.38. The van der Waals surface area contributed by atoms with Gasteiger partial charge in [0.1, 0.15) is 17.0 Å². The Morgan fingerprint density at radius 3 is 2.27 bits per heavy atom. The normalized spacial score (nSPS) is 20.1. The predicted molar refractivity (Wildman–Crippen MR) is 183 cm³/mol. The van der Waals surface area contributed by atoms with Crippen LogP contribution in [0.4, 0.5) is 24.5 Å². The Morgan fingerprint density at radius 1 is 0.878 bits per heavy atom. The third-order valence-corrected chi connectivity index (χ3v) is 8.56. The highest BCUT2D eigenvalue weighted by Crippen LogP contribution is 2.27. The maximum Gasteiger partial charge on any atom is 0.435 e. The third kappa shape index (κ3) is 9.48. The van der Waals surface area contributed by atoms with Crippen LogP contribution in [0.15, 0.2) is 48.7 Å². The molecule has 3 heterocycles. The van der Waals surface area contributed by atoms with E-state index in [0.29, 0.717) is 42.6 Å². The van der Waals surface area contributed by atoms with Crippen LogP contribution in [-0.4, -0.2) is 87.1 Å². The first-order valence-corrected chi connectivity index (χ1v) is 16.8. The van der Waals surface area contributed by atoms with Crippen molar-refractivity contribution in [1.29, 1.82) is 0 Å². The third-order valence-electron chi connectivity index (χ3n) is 8.56. The largest absolute Gasteiger partial charge is 0.444 e. The zero-order valence-electron chi connectivity index (χ0n) is 29.1. The number of ether oxygens (including phenoxy) is 2. The number of hydrogen-bond acceptors (Lipinski definition) is 7. The Labute approximate surface area is 286 Å². The van der Waals surface area contributed by atoms with Crippen molar-refractivity contribution >= 4 is 40.7 Å². The number of halogens is 1. The summed E-state index contributed by atoms with van der Waals surface area (Å²) in [6, 6.07) is 10.4. The highest BCUT2D eigenvalue weighted by atomic mass is 19.1. The summed E-state index contributed by atoms with van der Waals surface area (Å²) in [4.78, 5) is 56.5. The van der Waals surface area contributed by atoms with E-state index in [0.717, 1.165) is 24.8 Å². The summed E-state index contributed by atoms with van der Waals surface area (Å²) >= 11 is 0. The molecule has 0 spiro atoms. The van der Waals surface area contributed by atoms with Gasteiger partial charge in [-0.25, -0.2) is 18.8 Å². The molecule has 2 unspecified atom stereocenters. The van der Waals surface area contributed by atoms with Crippen molar-refractivity contribution in [2.45, 2.75) is 84.5 Å². The van der Waals surface area contributed by atoms with Crippen LogP contribution in [0.3, 0.4) is 0 Å². The molecule has 2 saturated heterocycles. The van der Waals surface area contributed by atoms with Crippen molar-refractivity contribution in [3.8, 4) is 0 Å². The molecule has 0 bridgehead atoms. The summed E-state index contributed by atoms with van der Waals surface area (Å²) in [7, 11) is 0. The molecule has 1 aromatic heterocycles. The summed E-state index contributed by atoms with van der Waals surface area (Å²) in [6.07, 6.45) is 3.27. The quantitative estimate of drug-likeness (QED) is 0.329. The van der Waals surface area contributed by atoms with Crippen molar-refractivity contribution in [1.82, 2.24) is 24.9 Å². The zero-order chi connectivity index (χ0) is 35.5. The van der Waals surface area contributed by atoms with Crippen LogP contribution >= 0.6 is 0 Å². The van der Waals surface area contributed by atoms with E-state index in [9.17, 15) is 23.6 Å². The van der Waals surface area contributed by atoms with Gasteiger partial charge in [-0.05, 0) is 109 Å². The van der Waals surface area contributed by atoms with E-state index in [1.54, 1.807) is 76.8 Å². The number of amides is 4. The second-order valence-corrected chi connectivity index (χ2v) is 15.0. The molecule has 2 N–H and O–H groups in total. The summed E-state index contributed by atoms with van der Waals surface area (Å²) < 4.78 is 25.7. The number of benzene rings is 2. The number of carbonyl (C=O) groups excluding carboxylic acids is 4. The van der Waals surface area contributed by atoms with Crippen molar-refractivity contribution < 1.29 is 33.0 Å². The topological polar surface area (TPSA) is 135 Å². The first-order valence-electron chi connectivity index (χ1n) is 16.8. The van der Waals surface area contributed by atoms with Crippen molar-refractivity contribution in [3.05, 3.63) is 60.0 Å². The Balaban J connectivity index is 1.28. The number of carbonyl (C=O) groups is 4. The van der Waals surface area contributed by atoms with Gasteiger partial charge in [0, 0.05) is 43.3 Å². The summed E-state index contributed by atoms with van der Waals surface area (Å²) in [5, 5.41) is 10.6. The lowest BCUT2D eigenvalue weighted by molar-refractivity contribution is -0.140. The predicted octanol–water partition coefficient (Wildman–Crippen LogP) is 6.19. The molecule has 0 aliphatic carbocycles. The van der Waals surface area contributed by atoms with Gasteiger partial charge in [-0.1, -0.05) is 12.1 Å². The number of likely N-dealkylation sites (tertiary alicyclic amines) is 2. The number of nitrogens with one attached hydrogen (secondary N) is 2.